The molecule has 0 unspecified atom stereocenters. The molecule has 114 valence electrons. The highest BCUT2D eigenvalue weighted by atomic mass is 127. The van der Waals surface area contributed by atoms with Crippen LogP contribution in [0.1, 0.15) is 26.3 Å². The third-order valence-corrected chi connectivity index (χ3v) is 4.21. The topological polar surface area (TPSA) is 55.4 Å². The number of hydrogen-bond donors (Lipinski definition) is 1. The van der Waals surface area contributed by atoms with Crippen molar-refractivity contribution in [3.8, 4) is 0 Å². The molecule has 6 heteroatoms. The van der Waals surface area contributed by atoms with Gasteiger partial charge in [-0.2, -0.15) is 0 Å². The van der Waals surface area contributed by atoms with Gasteiger partial charge >= 0.3 is 5.97 Å². The predicted molar refractivity (Wildman–Crippen MR) is 94.6 cm³/mol. The van der Waals surface area contributed by atoms with Crippen molar-refractivity contribution in [3.05, 3.63) is 61.7 Å². The fourth-order valence-electron chi connectivity index (χ4n) is 1.86. The first-order valence-corrected chi connectivity index (χ1v) is 7.83. The van der Waals surface area contributed by atoms with Gasteiger partial charge in [-0.15, -0.1) is 0 Å². The summed E-state index contributed by atoms with van der Waals surface area (Å²) in [6, 6.07) is 10.1. The SMILES string of the molecule is COC(=O)c1ccc(C)c(NC(=O)c2ccc(Cl)cc2I)c1. The maximum absolute atomic E-state index is 12.4. The number of carbonyl (C=O) groups excluding carboxylic acids is 2. The van der Waals surface area contributed by atoms with Crippen LogP contribution < -0.4 is 5.32 Å². The number of esters is 1. The largest absolute Gasteiger partial charge is 0.465 e. The lowest BCUT2D eigenvalue weighted by Crippen LogP contribution is -2.15. The molecule has 0 atom stereocenters. The van der Waals surface area contributed by atoms with Gasteiger partial charge in [-0.25, -0.2) is 4.79 Å². The molecule has 0 aliphatic rings. The van der Waals surface area contributed by atoms with Gasteiger partial charge in [-0.05, 0) is 65.4 Å². The van der Waals surface area contributed by atoms with Crippen LogP contribution in [0.5, 0.6) is 0 Å². The van der Waals surface area contributed by atoms with E-state index in [1.54, 1.807) is 36.4 Å². The molecular formula is C16H13ClINO3. The number of anilines is 1. The summed E-state index contributed by atoms with van der Waals surface area (Å²) < 4.78 is 5.44. The number of amides is 1. The summed E-state index contributed by atoms with van der Waals surface area (Å²) in [6.45, 7) is 1.85. The molecule has 0 bridgehead atoms. The average molecular weight is 430 g/mol. The molecule has 0 fully saturated rings. The number of ether oxygens (including phenoxy) is 1. The Morgan fingerprint density at radius 2 is 1.91 bits per heavy atom. The smallest absolute Gasteiger partial charge is 0.337 e. The van der Waals surface area contributed by atoms with Gasteiger partial charge in [0.2, 0.25) is 0 Å². The van der Waals surface area contributed by atoms with E-state index in [0.717, 1.165) is 9.13 Å². The predicted octanol–water partition coefficient (Wildman–Crippen LogP) is 4.29. The molecule has 1 amide bonds. The van der Waals surface area contributed by atoms with Gasteiger partial charge in [0.25, 0.3) is 5.91 Å². The summed E-state index contributed by atoms with van der Waals surface area (Å²) in [4.78, 5) is 23.9. The van der Waals surface area contributed by atoms with Gasteiger partial charge < -0.3 is 10.1 Å². The van der Waals surface area contributed by atoms with Crippen LogP contribution in [0.4, 0.5) is 5.69 Å². The summed E-state index contributed by atoms with van der Waals surface area (Å²) in [5.41, 5.74) is 2.32. The molecule has 0 heterocycles. The molecule has 22 heavy (non-hydrogen) atoms. The van der Waals surface area contributed by atoms with Crippen LogP contribution in [0.3, 0.4) is 0 Å². The highest BCUT2D eigenvalue weighted by Crippen LogP contribution is 2.22. The van der Waals surface area contributed by atoms with Crippen molar-refractivity contribution >= 4 is 51.8 Å². The molecule has 2 aromatic carbocycles. The molecule has 2 rings (SSSR count). The van der Waals surface area contributed by atoms with E-state index in [9.17, 15) is 9.59 Å². The summed E-state index contributed by atoms with van der Waals surface area (Å²) in [6.07, 6.45) is 0. The van der Waals surface area contributed by atoms with Gasteiger partial charge in [-0.3, -0.25) is 4.79 Å². The fraction of sp³-hybridized carbons (Fsp3) is 0.125. The Hall–Kier alpha value is -1.60. The number of methoxy groups -OCH3 is 1. The lowest BCUT2D eigenvalue weighted by molar-refractivity contribution is 0.0600. The Morgan fingerprint density at radius 3 is 2.55 bits per heavy atom. The Morgan fingerprint density at radius 1 is 1.18 bits per heavy atom. The number of aryl methyl sites for hydroxylation is 1. The van der Waals surface area contributed by atoms with E-state index < -0.39 is 5.97 Å². The van der Waals surface area contributed by atoms with E-state index in [4.69, 9.17) is 11.6 Å². The van der Waals surface area contributed by atoms with E-state index in [0.29, 0.717) is 21.8 Å². The summed E-state index contributed by atoms with van der Waals surface area (Å²) in [7, 11) is 1.32. The van der Waals surface area contributed by atoms with Crippen molar-refractivity contribution < 1.29 is 14.3 Å². The molecule has 1 N–H and O–H groups in total. The van der Waals surface area contributed by atoms with Gasteiger partial charge in [0.1, 0.15) is 0 Å². The van der Waals surface area contributed by atoms with E-state index in [2.05, 4.69) is 32.6 Å². The van der Waals surface area contributed by atoms with Crippen molar-refractivity contribution in [1.82, 2.24) is 0 Å². The molecular weight excluding hydrogens is 417 g/mol. The van der Waals surface area contributed by atoms with Crippen molar-refractivity contribution in [3.63, 3.8) is 0 Å². The minimum Gasteiger partial charge on any atom is -0.465 e. The Labute approximate surface area is 146 Å². The van der Waals surface area contributed by atoms with Gasteiger partial charge in [-0.1, -0.05) is 17.7 Å². The first kappa shape index (κ1) is 16.8. The standard InChI is InChI=1S/C16H13ClINO3/c1-9-3-4-10(16(21)22-2)7-14(9)19-15(20)12-6-5-11(17)8-13(12)18/h3-8H,1-2H3,(H,19,20). The lowest BCUT2D eigenvalue weighted by atomic mass is 10.1. The van der Waals surface area contributed by atoms with E-state index in [1.165, 1.54) is 7.11 Å². The Bertz CT molecular complexity index is 746. The number of nitrogens with one attached hydrogen (secondary N) is 1. The fourth-order valence-corrected chi connectivity index (χ4v) is 2.98. The molecule has 0 radical (unpaired) electrons. The number of halogens is 2. The zero-order chi connectivity index (χ0) is 16.3. The van der Waals surface area contributed by atoms with Crippen LogP contribution in [0.25, 0.3) is 0 Å². The first-order valence-electron chi connectivity index (χ1n) is 6.37. The van der Waals surface area contributed by atoms with Crippen LogP contribution >= 0.6 is 34.2 Å². The minimum atomic E-state index is -0.448. The quantitative estimate of drug-likeness (QED) is 0.585. The third kappa shape index (κ3) is 3.78. The van der Waals surface area contributed by atoms with E-state index >= 15 is 0 Å². The second-order valence-electron chi connectivity index (χ2n) is 4.60. The van der Waals surface area contributed by atoms with Crippen LogP contribution in [-0.2, 0) is 4.74 Å². The lowest BCUT2D eigenvalue weighted by Gasteiger charge is -2.11. The maximum Gasteiger partial charge on any atom is 0.337 e. The van der Waals surface area contributed by atoms with Crippen LogP contribution in [0.15, 0.2) is 36.4 Å². The van der Waals surface area contributed by atoms with Crippen molar-refractivity contribution in [1.29, 1.82) is 0 Å². The van der Waals surface area contributed by atoms with Crippen LogP contribution in [0.2, 0.25) is 5.02 Å². The second kappa shape index (κ2) is 7.11. The number of carbonyl (C=O) groups is 2. The number of benzene rings is 2. The average Bonchev–Trinajstić information content (AvgIpc) is 2.48. The summed E-state index contributed by atoms with van der Waals surface area (Å²) in [5.74, 6) is -0.706. The van der Waals surface area contributed by atoms with E-state index in [1.807, 2.05) is 6.92 Å². The van der Waals surface area contributed by atoms with Crippen LogP contribution in [0, 0.1) is 10.5 Å². The highest BCUT2D eigenvalue weighted by molar-refractivity contribution is 14.1. The van der Waals surface area contributed by atoms with Crippen molar-refractivity contribution in [2.24, 2.45) is 0 Å². The molecule has 0 saturated heterocycles. The third-order valence-electron chi connectivity index (χ3n) is 3.08. The maximum atomic E-state index is 12.4. The first-order chi connectivity index (χ1) is 10.4. The Balaban J connectivity index is 2.29. The molecule has 0 saturated carbocycles. The van der Waals surface area contributed by atoms with Crippen molar-refractivity contribution in [2.75, 3.05) is 12.4 Å². The molecule has 2 aromatic rings. The normalized spacial score (nSPS) is 10.2. The molecule has 4 nitrogen and oxygen atoms in total. The van der Waals surface area contributed by atoms with Gasteiger partial charge in [0.05, 0.1) is 18.2 Å². The van der Waals surface area contributed by atoms with E-state index in [-0.39, 0.29) is 5.91 Å². The Kier molecular flexibility index (Phi) is 5.42. The zero-order valence-corrected chi connectivity index (χ0v) is 14.9. The van der Waals surface area contributed by atoms with Gasteiger partial charge in [0.15, 0.2) is 0 Å². The molecule has 0 spiro atoms. The number of hydrogen-bond acceptors (Lipinski definition) is 3. The minimum absolute atomic E-state index is 0.258. The second-order valence-corrected chi connectivity index (χ2v) is 6.20. The number of rotatable bonds is 3. The molecule has 0 aromatic heterocycles. The molecule has 0 aliphatic heterocycles. The highest BCUT2D eigenvalue weighted by Gasteiger charge is 2.13. The summed E-state index contributed by atoms with van der Waals surface area (Å²) >= 11 is 7.95. The monoisotopic (exact) mass is 429 g/mol. The van der Waals surface area contributed by atoms with Gasteiger partial charge in [0, 0.05) is 14.3 Å². The summed E-state index contributed by atoms with van der Waals surface area (Å²) in [5, 5.41) is 3.39. The van der Waals surface area contributed by atoms with Crippen LogP contribution in [-0.4, -0.2) is 19.0 Å². The van der Waals surface area contributed by atoms with Crippen molar-refractivity contribution in [2.45, 2.75) is 6.92 Å². The molecule has 0 aliphatic carbocycles. The zero-order valence-electron chi connectivity index (χ0n) is 11.9.